The van der Waals surface area contributed by atoms with Crippen LogP contribution in [-0.2, 0) is 24.2 Å². The number of ether oxygens (including phenoxy) is 1. The number of nitrogens with zero attached hydrogens (tertiary/aromatic N) is 1. The smallest absolute Gasteiger partial charge is 0.228 e. The first kappa shape index (κ1) is 19.0. The second-order valence-corrected chi connectivity index (χ2v) is 8.13. The van der Waals surface area contributed by atoms with E-state index in [1.807, 2.05) is 24.3 Å². The third-order valence-electron chi connectivity index (χ3n) is 6.03. The topological polar surface area (TPSA) is 41.6 Å². The molecule has 0 aromatic heterocycles. The van der Waals surface area contributed by atoms with Crippen LogP contribution >= 0.6 is 0 Å². The van der Waals surface area contributed by atoms with Crippen molar-refractivity contribution < 1.29 is 9.53 Å². The number of hydrogen-bond donors (Lipinski definition) is 1. The van der Waals surface area contributed by atoms with Gasteiger partial charge in [0.25, 0.3) is 0 Å². The van der Waals surface area contributed by atoms with Crippen molar-refractivity contribution in [2.75, 3.05) is 19.0 Å². The zero-order chi connectivity index (χ0) is 19.3. The van der Waals surface area contributed by atoms with Crippen molar-refractivity contribution in [1.82, 2.24) is 4.90 Å². The lowest BCUT2D eigenvalue weighted by Gasteiger charge is -2.31. The number of amides is 1. The molecule has 1 fully saturated rings. The minimum Gasteiger partial charge on any atom is -0.493 e. The van der Waals surface area contributed by atoms with E-state index < -0.39 is 0 Å². The third kappa shape index (κ3) is 4.56. The van der Waals surface area contributed by atoms with Gasteiger partial charge in [-0.1, -0.05) is 49.6 Å². The van der Waals surface area contributed by atoms with Crippen LogP contribution in [0.4, 0.5) is 5.69 Å². The van der Waals surface area contributed by atoms with Gasteiger partial charge in [-0.2, -0.15) is 0 Å². The quantitative estimate of drug-likeness (QED) is 0.801. The Morgan fingerprint density at radius 2 is 1.96 bits per heavy atom. The van der Waals surface area contributed by atoms with Crippen LogP contribution in [0.25, 0.3) is 0 Å². The molecule has 4 rings (SSSR count). The Hall–Kier alpha value is -2.33. The number of para-hydroxylation sites is 1. The molecular formula is C24H30N2O2. The molecule has 1 heterocycles. The number of benzene rings is 2. The molecule has 1 amide bonds. The van der Waals surface area contributed by atoms with Crippen LogP contribution in [0, 0.1) is 0 Å². The van der Waals surface area contributed by atoms with Gasteiger partial charge in [0.05, 0.1) is 13.0 Å². The minimum atomic E-state index is 0.0339. The lowest BCUT2D eigenvalue weighted by molar-refractivity contribution is -0.115. The Labute approximate surface area is 167 Å². The number of hydrogen-bond acceptors (Lipinski definition) is 3. The highest BCUT2D eigenvalue weighted by molar-refractivity contribution is 5.93. The summed E-state index contributed by atoms with van der Waals surface area (Å²) < 4.78 is 5.55. The molecule has 148 valence electrons. The Morgan fingerprint density at radius 3 is 2.82 bits per heavy atom. The molecule has 4 nitrogen and oxygen atoms in total. The average molecular weight is 379 g/mol. The summed E-state index contributed by atoms with van der Waals surface area (Å²) in [5.74, 6) is 0.992. The van der Waals surface area contributed by atoms with Crippen molar-refractivity contribution in [3.05, 3.63) is 59.2 Å². The Morgan fingerprint density at radius 1 is 1.14 bits per heavy atom. The molecule has 0 radical (unpaired) electrons. The van der Waals surface area contributed by atoms with E-state index in [-0.39, 0.29) is 5.91 Å². The molecule has 2 aliphatic rings. The summed E-state index contributed by atoms with van der Waals surface area (Å²) in [7, 11) is 2.21. The molecule has 0 unspecified atom stereocenters. The fourth-order valence-electron chi connectivity index (χ4n) is 4.43. The highest BCUT2D eigenvalue weighted by atomic mass is 16.5. The van der Waals surface area contributed by atoms with E-state index in [2.05, 4.69) is 35.5 Å². The van der Waals surface area contributed by atoms with Gasteiger partial charge in [-0.3, -0.25) is 9.69 Å². The van der Waals surface area contributed by atoms with E-state index in [1.165, 1.54) is 43.2 Å². The van der Waals surface area contributed by atoms with Crippen LogP contribution in [0.2, 0.25) is 0 Å². The van der Waals surface area contributed by atoms with Gasteiger partial charge >= 0.3 is 0 Å². The summed E-state index contributed by atoms with van der Waals surface area (Å²) in [6, 6.07) is 14.9. The second-order valence-electron chi connectivity index (χ2n) is 8.13. The van der Waals surface area contributed by atoms with Gasteiger partial charge in [0.1, 0.15) is 5.75 Å². The third-order valence-corrected chi connectivity index (χ3v) is 6.03. The molecule has 1 aliphatic carbocycles. The standard InChI is InChI=1S/C24H30N2O2/c1-26(21-8-3-2-4-9-21)17-20-7-5-6-10-22(20)25-24(27)16-18-11-12-23-19(15-18)13-14-28-23/h5-7,10-12,15,21H,2-4,8-9,13-14,16-17H2,1H3,(H,25,27). The first-order valence-corrected chi connectivity index (χ1v) is 10.5. The Bertz CT molecular complexity index is 827. The maximum atomic E-state index is 12.7. The molecule has 2 aromatic rings. The van der Waals surface area contributed by atoms with Crippen molar-refractivity contribution in [2.24, 2.45) is 0 Å². The largest absolute Gasteiger partial charge is 0.493 e. The fourth-order valence-corrected chi connectivity index (χ4v) is 4.43. The second kappa shape index (κ2) is 8.78. The first-order chi connectivity index (χ1) is 13.7. The normalized spacial score (nSPS) is 16.6. The van der Waals surface area contributed by atoms with E-state index in [0.29, 0.717) is 12.5 Å². The zero-order valence-electron chi connectivity index (χ0n) is 16.7. The maximum Gasteiger partial charge on any atom is 0.228 e. The summed E-state index contributed by atoms with van der Waals surface area (Å²) in [4.78, 5) is 15.1. The highest BCUT2D eigenvalue weighted by Crippen LogP contribution is 2.27. The SMILES string of the molecule is CN(Cc1ccccc1NC(=O)Cc1ccc2c(c1)CCO2)C1CCCCC1. The van der Waals surface area contributed by atoms with E-state index in [9.17, 15) is 4.79 Å². The first-order valence-electron chi connectivity index (χ1n) is 10.5. The average Bonchev–Trinajstić information content (AvgIpc) is 3.18. The van der Waals surface area contributed by atoms with Crippen molar-refractivity contribution in [1.29, 1.82) is 0 Å². The molecule has 1 aliphatic heterocycles. The molecule has 0 spiro atoms. The van der Waals surface area contributed by atoms with Crippen LogP contribution in [-0.4, -0.2) is 30.5 Å². The van der Waals surface area contributed by atoms with Gasteiger partial charge < -0.3 is 10.1 Å². The molecule has 1 saturated carbocycles. The van der Waals surface area contributed by atoms with Gasteiger partial charge in [0.15, 0.2) is 0 Å². The van der Waals surface area contributed by atoms with Crippen LogP contribution in [0.15, 0.2) is 42.5 Å². The summed E-state index contributed by atoms with van der Waals surface area (Å²) in [6.07, 6.45) is 7.92. The monoisotopic (exact) mass is 378 g/mol. The summed E-state index contributed by atoms with van der Waals surface area (Å²) in [6.45, 7) is 1.62. The van der Waals surface area contributed by atoms with Gasteiger partial charge in [0, 0.05) is 24.7 Å². The summed E-state index contributed by atoms with van der Waals surface area (Å²) >= 11 is 0. The number of anilines is 1. The van der Waals surface area contributed by atoms with Gasteiger partial charge in [-0.25, -0.2) is 0 Å². The van der Waals surface area contributed by atoms with Crippen LogP contribution < -0.4 is 10.1 Å². The van der Waals surface area contributed by atoms with E-state index >= 15 is 0 Å². The van der Waals surface area contributed by atoms with Crippen molar-refractivity contribution in [3.8, 4) is 5.75 Å². The number of rotatable bonds is 6. The molecule has 0 bridgehead atoms. The van der Waals surface area contributed by atoms with Crippen LogP contribution in [0.5, 0.6) is 5.75 Å². The van der Waals surface area contributed by atoms with Crippen molar-refractivity contribution in [2.45, 2.75) is 57.5 Å². The fraction of sp³-hybridized carbons (Fsp3) is 0.458. The van der Waals surface area contributed by atoms with Crippen LogP contribution in [0.1, 0.15) is 48.8 Å². The van der Waals surface area contributed by atoms with Crippen LogP contribution in [0.3, 0.4) is 0 Å². The number of fused-ring (bicyclic) bond motifs is 1. The van der Waals surface area contributed by atoms with E-state index in [0.717, 1.165) is 36.6 Å². The Balaban J connectivity index is 1.39. The molecule has 4 heteroatoms. The van der Waals surface area contributed by atoms with Gasteiger partial charge in [0.2, 0.25) is 5.91 Å². The number of carbonyl (C=O) groups is 1. The zero-order valence-corrected chi connectivity index (χ0v) is 16.7. The van der Waals surface area contributed by atoms with Crippen molar-refractivity contribution in [3.63, 3.8) is 0 Å². The predicted molar refractivity (Wildman–Crippen MR) is 113 cm³/mol. The van der Waals surface area contributed by atoms with Crippen molar-refractivity contribution >= 4 is 11.6 Å². The number of nitrogens with one attached hydrogen (secondary N) is 1. The van der Waals surface area contributed by atoms with E-state index in [1.54, 1.807) is 0 Å². The summed E-state index contributed by atoms with van der Waals surface area (Å²) in [5, 5.41) is 3.14. The van der Waals surface area contributed by atoms with E-state index in [4.69, 9.17) is 4.74 Å². The molecule has 0 saturated heterocycles. The molecule has 2 aromatic carbocycles. The molecule has 28 heavy (non-hydrogen) atoms. The van der Waals surface area contributed by atoms with Gasteiger partial charge in [-0.15, -0.1) is 0 Å². The number of carbonyl (C=O) groups excluding carboxylic acids is 1. The lowest BCUT2D eigenvalue weighted by Crippen LogP contribution is -2.33. The Kier molecular flexibility index (Phi) is 5.96. The summed E-state index contributed by atoms with van der Waals surface area (Å²) in [5.41, 5.74) is 4.37. The highest BCUT2D eigenvalue weighted by Gasteiger charge is 2.19. The molecule has 0 atom stereocenters. The molecule has 1 N–H and O–H groups in total. The lowest BCUT2D eigenvalue weighted by atomic mass is 9.94. The predicted octanol–water partition coefficient (Wildman–Crippen LogP) is 4.57. The van der Waals surface area contributed by atoms with Gasteiger partial charge in [-0.05, 0) is 48.7 Å². The molecular weight excluding hydrogens is 348 g/mol. The minimum absolute atomic E-state index is 0.0339. The maximum absolute atomic E-state index is 12.7.